The van der Waals surface area contributed by atoms with Crippen molar-refractivity contribution in [2.24, 2.45) is 0 Å². The standard InChI is InChI=1S/C28H24N4O2S/c1-19-7-9-20(10-8-19)23-17-35-27-25(23)28(34)32(18-30-27)16-13-24(33)31-26(21-5-3-2-4-6-21)22-11-14-29-15-12-22/h2-12,14-15,17-18,26H,13,16H2,1H3,(H,31,33). The van der Waals surface area contributed by atoms with Crippen LogP contribution in [0.3, 0.4) is 0 Å². The Morgan fingerprint density at radius 1 is 1.00 bits per heavy atom. The lowest BCUT2D eigenvalue weighted by molar-refractivity contribution is -0.121. The third kappa shape index (κ3) is 4.90. The van der Waals surface area contributed by atoms with Crippen LogP contribution in [0.15, 0.2) is 95.6 Å². The maximum atomic E-state index is 13.3. The molecule has 2 aromatic carbocycles. The molecular weight excluding hydrogens is 456 g/mol. The smallest absolute Gasteiger partial charge is 0.262 e. The molecular formula is C28H24N4O2S. The fourth-order valence-electron chi connectivity index (χ4n) is 4.09. The molecule has 1 unspecified atom stereocenters. The number of nitrogens with zero attached hydrogens (tertiary/aromatic N) is 3. The minimum Gasteiger partial charge on any atom is -0.345 e. The summed E-state index contributed by atoms with van der Waals surface area (Å²) in [6, 6.07) is 21.4. The molecule has 1 atom stereocenters. The van der Waals surface area contributed by atoms with Gasteiger partial charge in [0.1, 0.15) is 4.83 Å². The lowest BCUT2D eigenvalue weighted by Gasteiger charge is -2.20. The van der Waals surface area contributed by atoms with Crippen LogP contribution in [0.2, 0.25) is 0 Å². The molecule has 0 aliphatic carbocycles. The molecule has 0 aliphatic heterocycles. The molecule has 3 heterocycles. The van der Waals surface area contributed by atoms with Gasteiger partial charge in [-0.3, -0.25) is 19.1 Å². The Balaban J connectivity index is 1.36. The average Bonchev–Trinajstić information content (AvgIpc) is 3.33. The Hall–Kier alpha value is -4.10. The van der Waals surface area contributed by atoms with E-state index >= 15 is 0 Å². The average molecular weight is 481 g/mol. The van der Waals surface area contributed by atoms with Gasteiger partial charge in [0, 0.05) is 36.3 Å². The zero-order valence-corrected chi connectivity index (χ0v) is 20.0. The molecule has 35 heavy (non-hydrogen) atoms. The number of aromatic nitrogens is 3. The number of carbonyl (C=O) groups is 1. The van der Waals surface area contributed by atoms with Crippen LogP contribution in [0, 0.1) is 6.92 Å². The van der Waals surface area contributed by atoms with E-state index in [4.69, 9.17) is 0 Å². The molecule has 0 saturated carbocycles. The van der Waals surface area contributed by atoms with Crippen LogP contribution >= 0.6 is 11.3 Å². The van der Waals surface area contributed by atoms with E-state index in [2.05, 4.69) is 15.3 Å². The van der Waals surface area contributed by atoms with Crippen molar-refractivity contribution in [1.29, 1.82) is 0 Å². The largest absolute Gasteiger partial charge is 0.345 e. The van der Waals surface area contributed by atoms with E-state index in [-0.39, 0.29) is 30.5 Å². The topological polar surface area (TPSA) is 76.9 Å². The highest BCUT2D eigenvalue weighted by atomic mass is 32.1. The third-order valence-corrected chi connectivity index (χ3v) is 6.87. The number of hydrogen-bond donors (Lipinski definition) is 1. The van der Waals surface area contributed by atoms with Crippen molar-refractivity contribution in [3.8, 4) is 11.1 Å². The second-order valence-corrected chi connectivity index (χ2v) is 9.24. The van der Waals surface area contributed by atoms with Crippen LogP contribution in [-0.4, -0.2) is 20.4 Å². The monoisotopic (exact) mass is 480 g/mol. The van der Waals surface area contributed by atoms with Gasteiger partial charge in [0.2, 0.25) is 5.91 Å². The molecule has 5 rings (SSSR count). The van der Waals surface area contributed by atoms with Gasteiger partial charge in [-0.15, -0.1) is 11.3 Å². The number of pyridine rings is 1. The molecule has 6 nitrogen and oxygen atoms in total. The second kappa shape index (κ2) is 10.0. The molecule has 1 N–H and O–H groups in total. The quantitative estimate of drug-likeness (QED) is 0.351. The van der Waals surface area contributed by atoms with Gasteiger partial charge in [0.15, 0.2) is 0 Å². The summed E-state index contributed by atoms with van der Waals surface area (Å²) in [5.74, 6) is -0.147. The maximum absolute atomic E-state index is 13.3. The lowest BCUT2D eigenvalue weighted by Crippen LogP contribution is -2.31. The summed E-state index contributed by atoms with van der Waals surface area (Å²) in [7, 11) is 0. The van der Waals surface area contributed by atoms with E-state index in [1.807, 2.05) is 79.0 Å². The molecule has 0 bridgehead atoms. The predicted molar refractivity (Wildman–Crippen MR) is 139 cm³/mol. The maximum Gasteiger partial charge on any atom is 0.262 e. The molecule has 0 spiro atoms. The summed E-state index contributed by atoms with van der Waals surface area (Å²) in [6.45, 7) is 2.28. The second-order valence-electron chi connectivity index (χ2n) is 8.38. The zero-order valence-electron chi connectivity index (χ0n) is 19.2. The number of rotatable bonds is 7. The lowest BCUT2D eigenvalue weighted by atomic mass is 9.99. The Kier molecular flexibility index (Phi) is 6.50. The molecule has 7 heteroatoms. The van der Waals surface area contributed by atoms with Crippen LogP contribution in [0.1, 0.15) is 29.2 Å². The molecule has 3 aromatic heterocycles. The van der Waals surface area contributed by atoms with Gasteiger partial charge in [-0.05, 0) is 35.7 Å². The third-order valence-electron chi connectivity index (χ3n) is 5.98. The highest BCUT2D eigenvalue weighted by Gasteiger charge is 2.18. The van der Waals surface area contributed by atoms with Crippen molar-refractivity contribution in [2.75, 3.05) is 0 Å². The SMILES string of the molecule is Cc1ccc(-c2csc3ncn(CCC(=O)NC(c4ccccc4)c4ccncc4)c(=O)c23)cc1. The van der Waals surface area contributed by atoms with Gasteiger partial charge in [-0.2, -0.15) is 0 Å². The first-order chi connectivity index (χ1) is 17.1. The van der Waals surface area contributed by atoms with Gasteiger partial charge in [0.25, 0.3) is 5.56 Å². The van der Waals surface area contributed by atoms with Crippen LogP contribution in [0.4, 0.5) is 0 Å². The first-order valence-corrected chi connectivity index (χ1v) is 12.3. The fourth-order valence-corrected chi connectivity index (χ4v) is 4.99. The van der Waals surface area contributed by atoms with Crippen molar-refractivity contribution < 1.29 is 4.79 Å². The first kappa shape index (κ1) is 22.7. The number of amides is 1. The Bertz CT molecular complexity index is 1470. The van der Waals surface area contributed by atoms with E-state index in [0.717, 1.165) is 27.8 Å². The molecule has 5 aromatic rings. The number of aryl methyl sites for hydroxylation is 2. The van der Waals surface area contributed by atoms with E-state index in [9.17, 15) is 9.59 Å². The molecule has 0 fully saturated rings. The first-order valence-electron chi connectivity index (χ1n) is 11.4. The number of nitrogens with one attached hydrogen (secondary N) is 1. The summed E-state index contributed by atoms with van der Waals surface area (Å²) >= 11 is 1.46. The number of thiophene rings is 1. The van der Waals surface area contributed by atoms with Gasteiger partial charge in [-0.1, -0.05) is 60.2 Å². The van der Waals surface area contributed by atoms with Gasteiger partial charge < -0.3 is 5.32 Å². The van der Waals surface area contributed by atoms with Crippen LogP contribution in [0.5, 0.6) is 0 Å². The van der Waals surface area contributed by atoms with Crippen LogP contribution < -0.4 is 10.9 Å². The zero-order chi connectivity index (χ0) is 24.2. The van der Waals surface area contributed by atoms with Crippen LogP contribution in [-0.2, 0) is 11.3 Å². The minimum absolute atomic E-state index is 0.131. The fraction of sp³-hybridized carbons (Fsp3) is 0.143. The summed E-state index contributed by atoms with van der Waals surface area (Å²) in [4.78, 5) is 35.5. The van der Waals surface area contributed by atoms with E-state index < -0.39 is 0 Å². The van der Waals surface area contributed by atoms with Crippen molar-refractivity contribution in [2.45, 2.75) is 25.9 Å². The summed E-state index contributed by atoms with van der Waals surface area (Å²) < 4.78 is 1.52. The summed E-state index contributed by atoms with van der Waals surface area (Å²) in [6.07, 6.45) is 5.12. The van der Waals surface area contributed by atoms with Crippen molar-refractivity contribution in [1.82, 2.24) is 19.9 Å². The minimum atomic E-state index is -0.297. The van der Waals surface area contributed by atoms with Crippen molar-refractivity contribution in [3.63, 3.8) is 0 Å². The molecule has 174 valence electrons. The number of benzene rings is 2. The van der Waals surface area contributed by atoms with Gasteiger partial charge in [-0.25, -0.2) is 4.98 Å². The molecule has 0 radical (unpaired) electrons. The number of fused-ring (bicyclic) bond motifs is 1. The van der Waals surface area contributed by atoms with Crippen molar-refractivity contribution >= 4 is 27.5 Å². The number of hydrogen-bond acceptors (Lipinski definition) is 5. The summed E-state index contributed by atoms with van der Waals surface area (Å²) in [5, 5.41) is 5.68. The Morgan fingerprint density at radius 2 is 1.71 bits per heavy atom. The molecule has 1 amide bonds. The Labute approximate surface area is 206 Å². The summed E-state index contributed by atoms with van der Waals surface area (Å²) in [5.41, 5.74) is 4.82. The van der Waals surface area contributed by atoms with Crippen molar-refractivity contribution in [3.05, 3.63) is 118 Å². The Morgan fingerprint density at radius 3 is 2.46 bits per heavy atom. The molecule has 0 aliphatic rings. The highest BCUT2D eigenvalue weighted by molar-refractivity contribution is 7.17. The highest BCUT2D eigenvalue weighted by Crippen LogP contribution is 2.30. The van der Waals surface area contributed by atoms with E-state index in [1.54, 1.807) is 12.4 Å². The van der Waals surface area contributed by atoms with E-state index in [1.165, 1.54) is 22.2 Å². The predicted octanol–water partition coefficient (Wildman–Crippen LogP) is 5.12. The van der Waals surface area contributed by atoms with E-state index in [0.29, 0.717) is 10.2 Å². The van der Waals surface area contributed by atoms with Gasteiger partial charge in [0.05, 0.1) is 17.8 Å². The molecule has 0 saturated heterocycles. The van der Waals surface area contributed by atoms with Crippen LogP contribution in [0.25, 0.3) is 21.3 Å². The van der Waals surface area contributed by atoms with Gasteiger partial charge >= 0.3 is 0 Å². The number of carbonyl (C=O) groups excluding carboxylic acids is 1. The normalized spacial score (nSPS) is 11.9.